The Morgan fingerprint density at radius 2 is 1.50 bits per heavy atom. The summed E-state index contributed by atoms with van der Waals surface area (Å²) in [4.78, 5) is 6.74. The van der Waals surface area contributed by atoms with Crippen LogP contribution in [0.4, 0.5) is 0 Å². The third-order valence-electron chi connectivity index (χ3n) is 0.872. The standard InChI is InChI=1S/C5HN5/c6-1-3-4(2-7)10-5(8)9-3/h8H. The van der Waals surface area contributed by atoms with Crippen molar-refractivity contribution in [3.8, 4) is 12.1 Å². The molecule has 1 aliphatic rings. The lowest BCUT2D eigenvalue weighted by Crippen LogP contribution is -2.04. The predicted octanol–water partition coefficient (Wildman–Crippen LogP) is -0.136. The molecular formula is C5HN5. The molecule has 0 fully saturated rings. The van der Waals surface area contributed by atoms with Crippen molar-refractivity contribution < 1.29 is 0 Å². The topological polar surface area (TPSA) is 96.2 Å². The Balaban J connectivity index is 3.12. The minimum Gasteiger partial charge on any atom is -0.265 e. The van der Waals surface area contributed by atoms with Gasteiger partial charge in [-0.15, -0.1) is 0 Å². The summed E-state index contributed by atoms with van der Waals surface area (Å²) in [6.07, 6.45) is 0. The first kappa shape index (κ1) is 6.12. The van der Waals surface area contributed by atoms with Gasteiger partial charge in [0.2, 0.25) is 5.96 Å². The molecule has 0 saturated heterocycles. The molecule has 0 spiro atoms. The van der Waals surface area contributed by atoms with Crippen LogP contribution in [-0.2, 0) is 0 Å². The molecule has 5 heteroatoms. The van der Waals surface area contributed by atoms with E-state index in [-0.39, 0.29) is 17.4 Å². The van der Waals surface area contributed by atoms with Gasteiger partial charge in [-0.2, -0.15) is 20.5 Å². The lowest BCUT2D eigenvalue weighted by atomic mass is 10.3. The quantitative estimate of drug-likeness (QED) is 0.495. The van der Waals surface area contributed by atoms with E-state index in [1.165, 1.54) is 0 Å². The lowest BCUT2D eigenvalue weighted by molar-refractivity contribution is 1.40. The van der Waals surface area contributed by atoms with E-state index in [0.29, 0.717) is 0 Å². The molecule has 0 aromatic rings. The van der Waals surface area contributed by atoms with E-state index in [4.69, 9.17) is 15.9 Å². The van der Waals surface area contributed by atoms with Gasteiger partial charge in [0, 0.05) is 0 Å². The summed E-state index contributed by atoms with van der Waals surface area (Å²) < 4.78 is 0. The van der Waals surface area contributed by atoms with E-state index in [9.17, 15) is 0 Å². The molecular weight excluding hydrogens is 130 g/mol. The van der Waals surface area contributed by atoms with E-state index < -0.39 is 0 Å². The molecule has 1 N–H and O–H groups in total. The molecule has 0 aliphatic carbocycles. The minimum absolute atomic E-state index is 0.0764. The van der Waals surface area contributed by atoms with Crippen molar-refractivity contribution in [3.63, 3.8) is 0 Å². The van der Waals surface area contributed by atoms with Crippen molar-refractivity contribution in [2.45, 2.75) is 0 Å². The van der Waals surface area contributed by atoms with Gasteiger partial charge < -0.3 is 0 Å². The maximum absolute atomic E-state index is 8.28. The zero-order valence-electron chi connectivity index (χ0n) is 4.79. The minimum atomic E-state index is -0.284. The highest BCUT2D eigenvalue weighted by Crippen LogP contribution is 1.96. The van der Waals surface area contributed by atoms with Gasteiger partial charge in [-0.1, -0.05) is 0 Å². The van der Waals surface area contributed by atoms with E-state index >= 15 is 0 Å². The van der Waals surface area contributed by atoms with Gasteiger partial charge in [0.05, 0.1) is 0 Å². The summed E-state index contributed by atoms with van der Waals surface area (Å²) in [6, 6.07) is 3.30. The maximum atomic E-state index is 8.28. The second kappa shape index (κ2) is 2.08. The molecule has 5 nitrogen and oxygen atoms in total. The fourth-order valence-corrected chi connectivity index (χ4v) is 0.499. The van der Waals surface area contributed by atoms with Crippen molar-refractivity contribution in [2.75, 3.05) is 0 Å². The first-order valence-electron chi connectivity index (χ1n) is 2.34. The average Bonchev–Trinajstić information content (AvgIpc) is 2.30. The molecule has 0 aromatic carbocycles. The zero-order valence-corrected chi connectivity index (χ0v) is 4.79. The summed E-state index contributed by atoms with van der Waals surface area (Å²) in [6.45, 7) is 0. The molecule has 0 aromatic heterocycles. The Morgan fingerprint density at radius 3 is 1.80 bits per heavy atom. The number of rotatable bonds is 0. The SMILES string of the molecule is N#CC1=NC(=N)N=C1C#N. The summed E-state index contributed by atoms with van der Waals surface area (Å²) in [7, 11) is 0. The van der Waals surface area contributed by atoms with E-state index in [0.717, 1.165) is 0 Å². The first-order valence-corrected chi connectivity index (χ1v) is 2.34. The largest absolute Gasteiger partial charge is 0.265 e. The summed E-state index contributed by atoms with van der Waals surface area (Å²) in [5, 5.41) is 23.4. The molecule has 1 heterocycles. The van der Waals surface area contributed by atoms with Crippen molar-refractivity contribution in [2.24, 2.45) is 9.98 Å². The normalized spacial score (nSPS) is 15.2. The Hall–Kier alpha value is -2.01. The van der Waals surface area contributed by atoms with Crippen LogP contribution < -0.4 is 0 Å². The number of nitrogens with one attached hydrogen (secondary N) is 1. The van der Waals surface area contributed by atoms with E-state index in [2.05, 4.69) is 9.98 Å². The van der Waals surface area contributed by atoms with Gasteiger partial charge in [-0.25, -0.2) is 0 Å². The Labute approximate surface area is 56.5 Å². The van der Waals surface area contributed by atoms with Crippen LogP contribution in [0, 0.1) is 28.1 Å². The van der Waals surface area contributed by atoms with Crippen LogP contribution in [0.25, 0.3) is 0 Å². The summed E-state index contributed by atoms with van der Waals surface area (Å²) in [5.74, 6) is -0.284. The zero-order chi connectivity index (χ0) is 7.56. The molecule has 46 valence electrons. The third-order valence-corrected chi connectivity index (χ3v) is 0.872. The Morgan fingerprint density at radius 1 is 1.10 bits per heavy atom. The Kier molecular flexibility index (Phi) is 1.27. The van der Waals surface area contributed by atoms with E-state index in [1.807, 2.05) is 0 Å². The van der Waals surface area contributed by atoms with Crippen molar-refractivity contribution >= 4 is 17.4 Å². The monoisotopic (exact) mass is 131 g/mol. The smallest absolute Gasteiger partial charge is 0.244 e. The molecule has 1 rings (SSSR count). The highest BCUT2D eigenvalue weighted by molar-refractivity contribution is 6.57. The third kappa shape index (κ3) is 0.762. The number of guanidine groups is 1. The van der Waals surface area contributed by atoms with Crippen molar-refractivity contribution in [3.05, 3.63) is 0 Å². The maximum Gasteiger partial charge on any atom is 0.244 e. The fraction of sp³-hybridized carbons (Fsp3) is 0. The second-order valence-corrected chi connectivity index (χ2v) is 1.47. The molecule has 0 radical (unpaired) electrons. The number of hydrogen-bond acceptors (Lipinski definition) is 3. The molecule has 1 aliphatic heterocycles. The van der Waals surface area contributed by atoms with Crippen LogP contribution in [0.5, 0.6) is 0 Å². The molecule has 0 saturated carbocycles. The van der Waals surface area contributed by atoms with Gasteiger partial charge in [0.25, 0.3) is 0 Å². The first-order chi connectivity index (χ1) is 4.77. The summed E-state index contributed by atoms with van der Waals surface area (Å²) >= 11 is 0. The second-order valence-electron chi connectivity index (χ2n) is 1.47. The molecule has 0 bridgehead atoms. The number of nitrogens with zero attached hydrogens (tertiary/aromatic N) is 4. The van der Waals surface area contributed by atoms with Gasteiger partial charge in [-0.3, -0.25) is 5.41 Å². The Bertz CT molecular complexity index is 289. The highest BCUT2D eigenvalue weighted by Gasteiger charge is 2.15. The average molecular weight is 131 g/mol. The van der Waals surface area contributed by atoms with Gasteiger partial charge >= 0.3 is 0 Å². The van der Waals surface area contributed by atoms with Crippen molar-refractivity contribution in [1.82, 2.24) is 0 Å². The van der Waals surface area contributed by atoms with E-state index in [1.54, 1.807) is 12.1 Å². The van der Waals surface area contributed by atoms with Gasteiger partial charge in [-0.05, 0) is 0 Å². The molecule has 0 unspecified atom stereocenters. The predicted molar refractivity (Wildman–Crippen MR) is 33.8 cm³/mol. The molecule has 10 heavy (non-hydrogen) atoms. The van der Waals surface area contributed by atoms with Gasteiger partial charge in [0.1, 0.15) is 12.1 Å². The van der Waals surface area contributed by atoms with Crippen LogP contribution >= 0.6 is 0 Å². The van der Waals surface area contributed by atoms with Crippen molar-refractivity contribution in [1.29, 1.82) is 15.9 Å². The van der Waals surface area contributed by atoms with Crippen LogP contribution in [0.3, 0.4) is 0 Å². The summed E-state index contributed by atoms with van der Waals surface area (Å²) in [5.41, 5.74) is -0.153. The van der Waals surface area contributed by atoms with Crippen LogP contribution in [0.15, 0.2) is 9.98 Å². The van der Waals surface area contributed by atoms with Crippen LogP contribution in [0.1, 0.15) is 0 Å². The lowest BCUT2D eigenvalue weighted by Gasteiger charge is -1.75. The van der Waals surface area contributed by atoms with Crippen LogP contribution in [-0.4, -0.2) is 17.4 Å². The number of aliphatic imine (C=N–C) groups is 2. The fourth-order valence-electron chi connectivity index (χ4n) is 0.499. The number of hydrogen-bond donors (Lipinski definition) is 1. The highest BCUT2D eigenvalue weighted by atomic mass is 15.1. The molecule has 0 amide bonds. The van der Waals surface area contributed by atoms with Crippen LogP contribution in [0.2, 0.25) is 0 Å². The van der Waals surface area contributed by atoms with Gasteiger partial charge in [0.15, 0.2) is 11.4 Å². The molecule has 0 atom stereocenters. The number of nitriles is 2.